The van der Waals surface area contributed by atoms with Crippen LogP contribution in [0.3, 0.4) is 0 Å². The van der Waals surface area contributed by atoms with Crippen molar-refractivity contribution in [3.05, 3.63) is 22.4 Å². The Morgan fingerprint density at radius 1 is 1.24 bits per heavy atom. The summed E-state index contributed by atoms with van der Waals surface area (Å²) in [5, 5.41) is 39.9. The molecule has 0 saturated heterocycles. The number of fused-ring (bicyclic) bond motifs is 1. The maximum Gasteiger partial charge on any atom is 0.159 e. The highest BCUT2D eigenvalue weighted by atomic mass is 16.3. The van der Waals surface area contributed by atoms with Gasteiger partial charge in [-0.3, -0.25) is 0 Å². The molecule has 0 aromatic carbocycles. The maximum atomic E-state index is 10.3. The zero-order valence-corrected chi connectivity index (χ0v) is 9.12. The molecule has 2 aliphatic rings. The largest absolute Gasteiger partial charge is 0.367 e. The Morgan fingerprint density at radius 3 is 2.53 bits per heavy atom. The van der Waals surface area contributed by atoms with Gasteiger partial charge >= 0.3 is 0 Å². The third kappa shape index (κ3) is 1.56. The highest BCUT2D eigenvalue weighted by Crippen LogP contribution is 2.41. The first kappa shape index (κ1) is 11.2. The van der Waals surface area contributed by atoms with E-state index in [1.807, 2.05) is 6.07 Å². The van der Waals surface area contributed by atoms with Crippen molar-refractivity contribution in [2.45, 2.75) is 31.4 Å². The predicted molar refractivity (Wildman–Crippen MR) is 57.4 cm³/mol. The third-order valence-corrected chi connectivity index (χ3v) is 3.18. The van der Waals surface area contributed by atoms with Gasteiger partial charge in [-0.1, -0.05) is 0 Å². The minimum absolute atomic E-state index is 0.156. The van der Waals surface area contributed by atoms with Crippen molar-refractivity contribution in [2.75, 3.05) is 0 Å². The Labute approximate surface area is 98.9 Å². The Morgan fingerprint density at radius 2 is 1.94 bits per heavy atom. The Balaban J connectivity index is 2.62. The first-order chi connectivity index (χ1) is 8.16. The molecule has 1 aliphatic carbocycles. The molecular weight excluding hydrogens is 216 g/mol. The lowest BCUT2D eigenvalue weighted by Crippen LogP contribution is -2.43. The van der Waals surface area contributed by atoms with Crippen molar-refractivity contribution in [1.82, 2.24) is 5.32 Å². The van der Waals surface area contributed by atoms with E-state index in [1.54, 1.807) is 12.1 Å². The molecule has 0 spiro atoms. The van der Waals surface area contributed by atoms with E-state index in [0.717, 1.165) is 12.8 Å². The number of nitriles is 3. The first-order valence-corrected chi connectivity index (χ1v) is 5.35. The highest BCUT2D eigenvalue weighted by Gasteiger charge is 2.43. The Kier molecular flexibility index (Phi) is 2.60. The van der Waals surface area contributed by atoms with Gasteiger partial charge < -0.3 is 10.4 Å². The third-order valence-electron chi connectivity index (χ3n) is 3.18. The van der Waals surface area contributed by atoms with Crippen LogP contribution >= 0.6 is 0 Å². The van der Waals surface area contributed by atoms with Gasteiger partial charge in [-0.05, 0) is 25.7 Å². The molecule has 0 bridgehead atoms. The normalized spacial score (nSPS) is 26.4. The summed E-state index contributed by atoms with van der Waals surface area (Å²) in [6, 6.07) is 5.47. The van der Waals surface area contributed by atoms with Crippen LogP contribution in [-0.2, 0) is 0 Å². The summed E-state index contributed by atoms with van der Waals surface area (Å²) in [6.45, 7) is 0. The van der Waals surface area contributed by atoms with Crippen LogP contribution in [0.2, 0.25) is 0 Å². The highest BCUT2D eigenvalue weighted by molar-refractivity contribution is 5.60. The number of hydrogen-bond acceptors (Lipinski definition) is 5. The number of nitrogens with zero attached hydrogens (tertiary/aromatic N) is 3. The quantitative estimate of drug-likeness (QED) is 0.599. The lowest BCUT2D eigenvalue weighted by Gasteiger charge is -2.31. The summed E-state index contributed by atoms with van der Waals surface area (Å²) in [7, 11) is 0. The van der Waals surface area contributed by atoms with E-state index in [2.05, 4.69) is 5.32 Å². The molecule has 2 rings (SSSR count). The molecule has 1 aliphatic heterocycles. The summed E-state index contributed by atoms with van der Waals surface area (Å²) in [6.07, 6.45) is 2.89. The zero-order valence-electron chi connectivity index (χ0n) is 9.12. The molecule has 2 N–H and O–H groups in total. The summed E-state index contributed by atoms with van der Waals surface area (Å²) < 4.78 is 0. The van der Waals surface area contributed by atoms with Gasteiger partial charge in [0.25, 0.3) is 0 Å². The van der Waals surface area contributed by atoms with Crippen LogP contribution in [0.15, 0.2) is 22.4 Å². The van der Waals surface area contributed by atoms with Crippen molar-refractivity contribution in [2.24, 2.45) is 0 Å². The molecule has 1 heterocycles. The van der Waals surface area contributed by atoms with Crippen molar-refractivity contribution in [3.8, 4) is 18.2 Å². The van der Waals surface area contributed by atoms with Crippen LogP contribution in [0.25, 0.3) is 0 Å². The monoisotopic (exact) mass is 226 g/mol. The van der Waals surface area contributed by atoms with Gasteiger partial charge in [-0.15, -0.1) is 0 Å². The number of aliphatic hydroxyl groups is 1. The smallest absolute Gasteiger partial charge is 0.159 e. The van der Waals surface area contributed by atoms with Gasteiger partial charge in [0.15, 0.2) is 11.3 Å². The van der Waals surface area contributed by atoms with E-state index >= 15 is 0 Å². The van der Waals surface area contributed by atoms with Crippen molar-refractivity contribution in [3.63, 3.8) is 0 Å². The molecule has 1 saturated carbocycles. The molecule has 1 atom stereocenters. The van der Waals surface area contributed by atoms with Crippen LogP contribution in [0.1, 0.15) is 25.7 Å². The van der Waals surface area contributed by atoms with Crippen LogP contribution in [0.4, 0.5) is 0 Å². The lowest BCUT2D eigenvalue weighted by atomic mass is 9.86. The van der Waals surface area contributed by atoms with Gasteiger partial charge in [0, 0.05) is 5.57 Å². The van der Waals surface area contributed by atoms with E-state index in [9.17, 15) is 5.11 Å². The lowest BCUT2D eigenvalue weighted by molar-refractivity contribution is 0.0362. The summed E-state index contributed by atoms with van der Waals surface area (Å²) in [5.74, 6) is 0. The maximum absolute atomic E-state index is 10.3. The fraction of sp³-hybridized carbons (Fsp3) is 0.417. The molecule has 0 aromatic heterocycles. The summed E-state index contributed by atoms with van der Waals surface area (Å²) >= 11 is 0. The van der Waals surface area contributed by atoms with Gasteiger partial charge in [0.1, 0.15) is 18.2 Å². The Hall–Kier alpha value is -2.29. The average molecular weight is 226 g/mol. The van der Waals surface area contributed by atoms with Gasteiger partial charge in [-0.2, -0.15) is 15.8 Å². The van der Waals surface area contributed by atoms with Crippen LogP contribution in [-0.4, -0.2) is 10.8 Å². The summed E-state index contributed by atoms with van der Waals surface area (Å²) in [4.78, 5) is 0. The molecule has 84 valence electrons. The van der Waals surface area contributed by atoms with Crippen LogP contribution in [0.5, 0.6) is 0 Å². The van der Waals surface area contributed by atoms with Crippen molar-refractivity contribution >= 4 is 0 Å². The van der Waals surface area contributed by atoms with E-state index in [-0.39, 0.29) is 16.8 Å². The average Bonchev–Trinajstić information content (AvgIpc) is 2.63. The van der Waals surface area contributed by atoms with Crippen molar-refractivity contribution in [1.29, 1.82) is 15.8 Å². The van der Waals surface area contributed by atoms with Crippen LogP contribution in [0, 0.1) is 34.0 Å². The molecule has 5 nitrogen and oxygen atoms in total. The second kappa shape index (κ2) is 3.94. The van der Waals surface area contributed by atoms with Crippen molar-refractivity contribution < 1.29 is 5.11 Å². The van der Waals surface area contributed by atoms with Gasteiger partial charge in [-0.25, -0.2) is 0 Å². The number of allylic oxidation sites excluding steroid dienone is 2. The number of rotatable bonds is 0. The van der Waals surface area contributed by atoms with Gasteiger partial charge in [0.05, 0.1) is 11.3 Å². The van der Waals surface area contributed by atoms with Crippen LogP contribution < -0.4 is 5.32 Å². The second-order valence-electron chi connectivity index (χ2n) is 4.13. The van der Waals surface area contributed by atoms with E-state index < -0.39 is 5.72 Å². The molecule has 17 heavy (non-hydrogen) atoms. The molecular formula is C12H10N4O. The molecule has 1 fully saturated rings. The minimum atomic E-state index is -1.24. The van der Waals surface area contributed by atoms with E-state index in [1.165, 1.54) is 0 Å². The van der Waals surface area contributed by atoms with E-state index in [0.29, 0.717) is 18.4 Å². The first-order valence-electron chi connectivity index (χ1n) is 5.35. The fourth-order valence-corrected chi connectivity index (χ4v) is 2.38. The SMILES string of the molecule is N#CC(C#N)=C1NC2(O)CCCCC2=C1C#N. The minimum Gasteiger partial charge on any atom is -0.367 e. The molecule has 0 aromatic rings. The van der Waals surface area contributed by atoms with E-state index in [4.69, 9.17) is 15.8 Å². The van der Waals surface area contributed by atoms with Gasteiger partial charge in [0.2, 0.25) is 0 Å². The standard InChI is InChI=1S/C12H10N4O/c13-5-8(6-14)11-9(7-15)10-3-1-2-4-12(10,17)16-11/h16-17H,1-4H2. The topological polar surface area (TPSA) is 104 Å². The number of nitrogens with one attached hydrogen (secondary N) is 1. The predicted octanol–water partition coefficient (Wildman–Crippen LogP) is 0.974. The Bertz CT molecular complexity index is 537. The molecule has 1 unspecified atom stereocenters. The second-order valence-corrected chi connectivity index (χ2v) is 4.13. The zero-order chi connectivity index (χ0) is 12.5. The fourth-order valence-electron chi connectivity index (χ4n) is 2.38. The number of hydrogen-bond donors (Lipinski definition) is 2. The summed E-state index contributed by atoms with van der Waals surface area (Å²) in [5.41, 5.74) is -0.347. The molecule has 5 heteroatoms. The molecule has 0 radical (unpaired) electrons. The molecule has 0 amide bonds.